The first kappa shape index (κ1) is 21.3. The van der Waals surface area contributed by atoms with Gasteiger partial charge in [0.25, 0.3) is 0 Å². The highest BCUT2D eigenvalue weighted by atomic mass is 16.5. The number of fused-ring (bicyclic) bond motifs is 5. The van der Waals surface area contributed by atoms with Crippen LogP contribution in [-0.2, 0) is 16.1 Å². The second-order valence-electron chi connectivity index (χ2n) is 8.12. The van der Waals surface area contributed by atoms with Crippen molar-refractivity contribution in [2.75, 3.05) is 6.61 Å². The van der Waals surface area contributed by atoms with Crippen LogP contribution in [0.4, 0.5) is 0 Å². The first-order valence-corrected chi connectivity index (χ1v) is 10.8. The standard InChI is InChI=1S/C28H22N2O4/c1-17(28(29)33)20-12-7-13-22-25(20)26-23(34-16-24(31)32)14-19-10-5-6-11-21(19)27(26)30(22)15-18-8-3-2-4-9-18/h2-14H,1,15-16H2,(H2,29,33)(H,31,32). The van der Waals surface area contributed by atoms with Crippen molar-refractivity contribution in [3.05, 3.63) is 96.6 Å². The molecule has 34 heavy (non-hydrogen) atoms. The van der Waals surface area contributed by atoms with E-state index in [1.54, 1.807) is 6.07 Å². The van der Waals surface area contributed by atoms with Crippen molar-refractivity contribution in [3.63, 3.8) is 0 Å². The summed E-state index contributed by atoms with van der Waals surface area (Å²) >= 11 is 0. The van der Waals surface area contributed by atoms with Crippen molar-refractivity contribution in [1.82, 2.24) is 4.57 Å². The highest BCUT2D eigenvalue weighted by Gasteiger charge is 2.22. The molecule has 1 aromatic heterocycles. The lowest BCUT2D eigenvalue weighted by Crippen LogP contribution is -2.12. The zero-order chi connectivity index (χ0) is 23.8. The molecule has 3 N–H and O–H groups in total. The molecule has 6 nitrogen and oxygen atoms in total. The molecule has 168 valence electrons. The normalized spacial score (nSPS) is 11.2. The topological polar surface area (TPSA) is 94.6 Å². The van der Waals surface area contributed by atoms with Gasteiger partial charge in [0.05, 0.1) is 16.4 Å². The predicted octanol–water partition coefficient (Wildman–Crippen LogP) is 4.96. The van der Waals surface area contributed by atoms with E-state index in [0.717, 1.165) is 38.1 Å². The van der Waals surface area contributed by atoms with Crippen molar-refractivity contribution in [2.24, 2.45) is 5.73 Å². The second-order valence-corrected chi connectivity index (χ2v) is 8.12. The van der Waals surface area contributed by atoms with E-state index in [9.17, 15) is 14.7 Å². The van der Waals surface area contributed by atoms with E-state index < -0.39 is 18.5 Å². The Bertz CT molecular complexity index is 1600. The van der Waals surface area contributed by atoms with Gasteiger partial charge in [0.2, 0.25) is 5.91 Å². The highest BCUT2D eigenvalue weighted by molar-refractivity contribution is 6.28. The molecule has 4 aromatic carbocycles. The Kier molecular flexibility index (Phi) is 5.26. The number of carboxylic acid groups (broad SMARTS) is 1. The summed E-state index contributed by atoms with van der Waals surface area (Å²) in [6, 6.07) is 25.4. The molecular formula is C28H22N2O4. The van der Waals surface area contributed by atoms with Gasteiger partial charge < -0.3 is 20.1 Å². The van der Waals surface area contributed by atoms with Crippen LogP contribution in [0, 0.1) is 0 Å². The number of nitrogens with two attached hydrogens (primary N) is 1. The molecule has 0 unspecified atom stereocenters. The maximum absolute atomic E-state index is 12.1. The van der Waals surface area contributed by atoms with Crippen LogP contribution in [0.2, 0.25) is 0 Å². The van der Waals surface area contributed by atoms with Crippen molar-refractivity contribution in [2.45, 2.75) is 6.54 Å². The lowest BCUT2D eigenvalue weighted by molar-refractivity contribution is -0.139. The number of carboxylic acids is 1. The summed E-state index contributed by atoms with van der Waals surface area (Å²) in [6.45, 7) is 4.00. The first-order valence-electron chi connectivity index (χ1n) is 10.8. The molecule has 0 aliphatic rings. The average molecular weight is 450 g/mol. The fraction of sp³-hybridized carbons (Fsp3) is 0.0714. The number of amides is 1. The maximum atomic E-state index is 12.1. The molecule has 0 aliphatic heterocycles. The van der Waals surface area contributed by atoms with Gasteiger partial charge in [-0.1, -0.05) is 73.3 Å². The number of hydrogen-bond acceptors (Lipinski definition) is 3. The Morgan fingerprint density at radius 1 is 0.941 bits per heavy atom. The zero-order valence-corrected chi connectivity index (χ0v) is 18.3. The Labute approximate surface area is 195 Å². The molecule has 1 amide bonds. The Morgan fingerprint density at radius 2 is 1.68 bits per heavy atom. The maximum Gasteiger partial charge on any atom is 0.341 e. The van der Waals surface area contributed by atoms with Crippen LogP contribution in [0.25, 0.3) is 38.2 Å². The van der Waals surface area contributed by atoms with E-state index >= 15 is 0 Å². The SMILES string of the molecule is C=C(C(N)=O)c1cccc2c1c1c(OCC(=O)O)cc3ccccc3c1n2Cc1ccccc1. The molecule has 0 saturated heterocycles. The number of aromatic nitrogens is 1. The van der Waals surface area contributed by atoms with Gasteiger partial charge in [-0.2, -0.15) is 0 Å². The summed E-state index contributed by atoms with van der Waals surface area (Å²) in [5.41, 5.74) is 9.24. The van der Waals surface area contributed by atoms with Gasteiger partial charge in [-0.05, 0) is 28.6 Å². The Balaban J connectivity index is 1.96. The molecule has 0 atom stereocenters. The first-order chi connectivity index (χ1) is 16.5. The van der Waals surface area contributed by atoms with Gasteiger partial charge in [0.15, 0.2) is 6.61 Å². The van der Waals surface area contributed by atoms with Gasteiger partial charge in [-0.3, -0.25) is 4.79 Å². The number of aliphatic carboxylic acids is 1. The van der Waals surface area contributed by atoms with E-state index in [-0.39, 0.29) is 5.57 Å². The summed E-state index contributed by atoms with van der Waals surface area (Å²) in [5, 5.41) is 12.7. The van der Waals surface area contributed by atoms with E-state index in [2.05, 4.69) is 23.3 Å². The van der Waals surface area contributed by atoms with Crippen molar-refractivity contribution in [3.8, 4) is 5.75 Å². The minimum absolute atomic E-state index is 0.182. The van der Waals surface area contributed by atoms with E-state index in [0.29, 0.717) is 17.9 Å². The van der Waals surface area contributed by atoms with Crippen LogP contribution in [0.15, 0.2) is 85.4 Å². The Hall–Kier alpha value is -4.58. The van der Waals surface area contributed by atoms with Crippen LogP contribution in [-0.4, -0.2) is 28.2 Å². The molecule has 5 aromatic rings. The van der Waals surface area contributed by atoms with Crippen molar-refractivity contribution < 1.29 is 19.4 Å². The molecule has 0 radical (unpaired) electrons. The third-order valence-corrected chi connectivity index (χ3v) is 6.00. The number of hydrogen-bond donors (Lipinski definition) is 2. The number of carbonyl (C=O) groups is 2. The number of nitrogens with zero attached hydrogens (tertiary/aromatic N) is 1. The molecule has 6 heteroatoms. The number of ether oxygens (including phenoxy) is 1. The molecule has 0 spiro atoms. The van der Waals surface area contributed by atoms with Gasteiger partial charge in [-0.25, -0.2) is 4.79 Å². The van der Waals surface area contributed by atoms with E-state index in [4.69, 9.17) is 10.5 Å². The van der Waals surface area contributed by atoms with Crippen LogP contribution < -0.4 is 10.5 Å². The molecule has 0 aliphatic carbocycles. The fourth-order valence-corrected chi connectivity index (χ4v) is 4.54. The smallest absolute Gasteiger partial charge is 0.341 e. The third-order valence-electron chi connectivity index (χ3n) is 6.00. The van der Waals surface area contributed by atoms with E-state index in [1.165, 1.54) is 0 Å². The van der Waals surface area contributed by atoms with Gasteiger partial charge in [0, 0.05) is 22.9 Å². The minimum Gasteiger partial charge on any atom is -0.481 e. The summed E-state index contributed by atoms with van der Waals surface area (Å²) in [7, 11) is 0. The Morgan fingerprint density at radius 3 is 2.41 bits per heavy atom. The fourth-order valence-electron chi connectivity index (χ4n) is 4.54. The second kappa shape index (κ2) is 8.41. The number of carbonyl (C=O) groups excluding carboxylic acids is 1. The van der Waals surface area contributed by atoms with Crippen LogP contribution >= 0.6 is 0 Å². The van der Waals surface area contributed by atoms with Gasteiger partial charge in [0.1, 0.15) is 5.75 Å². The molecule has 1 heterocycles. The van der Waals surface area contributed by atoms with Crippen LogP contribution in [0.3, 0.4) is 0 Å². The summed E-state index contributed by atoms with van der Waals surface area (Å²) in [6.07, 6.45) is 0. The summed E-state index contributed by atoms with van der Waals surface area (Å²) in [5.74, 6) is -1.26. The average Bonchev–Trinajstić information content (AvgIpc) is 3.17. The van der Waals surface area contributed by atoms with Gasteiger partial charge >= 0.3 is 5.97 Å². The minimum atomic E-state index is -1.07. The van der Waals surface area contributed by atoms with Crippen LogP contribution in [0.1, 0.15) is 11.1 Å². The quantitative estimate of drug-likeness (QED) is 0.343. The molecule has 5 rings (SSSR count). The van der Waals surface area contributed by atoms with Gasteiger partial charge in [-0.15, -0.1) is 0 Å². The zero-order valence-electron chi connectivity index (χ0n) is 18.3. The lowest BCUT2D eigenvalue weighted by atomic mass is 9.98. The van der Waals surface area contributed by atoms with Crippen LogP contribution in [0.5, 0.6) is 5.75 Å². The lowest BCUT2D eigenvalue weighted by Gasteiger charge is -2.12. The van der Waals surface area contributed by atoms with Crippen molar-refractivity contribution in [1.29, 1.82) is 0 Å². The van der Waals surface area contributed by atoms with Crippen molar-refractivity contribution >= 4 is 50.0 Å². The molecule has 0 saturated carbocycles. The molecular weight excluding hydrogens is 428 g/mol. The highest BCUT2D eigenvalue weighted by Crippen LogP contribution is 2.43. The van der Waals surface area contributed by atoms with E-state index in [1.807, 2.05) is 60.7 Å². The number of benzene rings is 4. The molecule has 0 fully saturated rings. The largest absolute Gasteiger partial charge is 0.481 e. The summed E-state index contributed by atoms with van der Waals surface area (Å²) < 4.78 is 7.97. The predicted molar refractivity (Wildman–Crippen MR) is 134 cm³/mol. The monoisotopic (exact) mass is 450 g/mol. The summed E-state index contributed by atoms with van der Waals surface area (Å²) in [4.78, 5) is 23.4. The molecule has 0 bridgehead atoms. The third kappa shape index (κ3) is 3.55. The number of primary amides is 1. The number of rotatable bonds is 7.